The summed E-state index contributed by atoms with van der Waals surface area (Å²) in [5.74, 6) is -1.23. The van der Waals surface area contributed by atoms with Crippen molar-refractivity contribution in [1.29, 1.82) is 0 Å². The number of carbonyl (C=O) groups excluding carboxylic acids is 2. The Labute approximate surface area is 167 Å². The van der Waals surface area contributed by atoms with Gasteiger partial charge in [-0.15, -0.1) is 0 Å². The summed E-state index contributed by atoms with van der Waals surface area (Å²) in [4.78, 5) is 24.6. The van der Waals surface area contributed by atoms with E-state index in [2.05, 4.69) is 5.32 Å². The molecule has 0 bridgehead atoms. The molecule has 1 N–H and O–H groups in total. The van der Waals surface area contributed by atoms with Crippen LogP contribution in [0.3, 0.4) is 0 Å². The number of nitrogens with one attached hydrogen (secondary N) is 1. The van der Waals surface area contributed by atoms with E-state index in [4.69, 9.17) is 25.8 Å². The molecule has 0 radical (unpaired) electrons. The first-order valence-electron chi connectivity index (χ1n) is 8.63. The van der Waals surface area contributed by atoms with Gasteiger partial charge in [0.25, 0.3) is 5.91 Å². The molecule has 0 saturated carbocycles. The smallest absolute Gasteiger partial charge is 0.339 e. The summed E-state index contributed by atoms with van der Waals surface area (Å²) in [5.41, 5.74) is 0.367. The molecule has 1 atom stereocenters. The zero-order chi connectivity index (χ0) is 20.7. The minimum absolute atomic E-state index is 0.108. The molecule has 1 amide bonds. The van der Waals surface area contributed by atoms with Gasteiger partial charge < -0.3 is 19.5 Å². The molecule has 0 spiro atoms. The fourth-order valence-corrected chi connectivity index (χ4v) is 2.54. The van der Waals surface area contributed by atoms with Crippen molar-refractivity contribution in [2.45, 2.75) is 26.4 Å². The van der Waals surface area contributed by atoms with Crippen molar-refractivity contribution < 1.29 is 28.2 Å². The van der Waals surface area contributed by atoms with E-state index in [9.17, 15) is 14.0 Å². The summed E-state index contributed by atoms with van der Waals surface area (Å²) >= 11 is 6.19. The molecule has 0 fully saturated rings. The van der Waals surface area contributed by atoms with Gasteiger partial charge in [-0.1, -0.05) is 24.6 Å². The highest BCUT2D eigenvalue weighted by Crippen LogP contribution is 2.36. The maximum atomic E-state index is 13.2. The lowest BCUT2D eigenvalue weighted by Crippen LogP contribution is -2.30. The van der Waals surface area contributed by atoms with Crippen molar-refractivity contribution in [2.24, 2.45) is 0 Å². The Morgan fingerprint density at radius 3 is 2.64 bits per heavy atom. The number of ether oxygens (including phenoxy) is 3. The summed E-state index contributed by atoms with van der Waals surface area (Å²) in [6, 6.07) is 8.20. The maximum absolute atomic E-state index is 13.2. The number of benzene rings is 2. The first kappa shape index (κ1) is 21.5. The van der Waals surface area contributed by atoms with Gasteiger partial charge in [0.2, 0.25) is 0 Å². The van der Waals surface area contributed by atoms with E-state index in [1.807, 2.05) is 6.92 Å². The van der Waals surface area contributed by atoms with Crippen LogP contribution < -0.4 is 14.8 Å². The SMILES string of the molecule is CCCOc1c(Cl)cc(C(=O)O[C@@H](C)C(=O)Nc2cccc(F)c2)cc1OC. The van der Waals surface area contributed by atoms with E-state index < -0.39 is 23.8 Å². The van der Waals surface area contributed by atoms with E-state index in [1.54, 1.807) is 0 Å². The Kier molecular flexibility index (Phi) is 7.63. The number of rotatable bonds is 8. The first-order chi connectivity index (χ1) is 13.3. The Morgan fingerprint density at radius 2 is 2.00 bits per heavy atom. The van der Waals surface area contributed by atoms with E-state index in [1.165, 1.54) is 44.4 Å². The standard InChI is InChI=1S/C20H21ClFNO5/c1-4-8-27-18-16(21)9-13(10-17(18)26-3)20(25)28-12(2)19(24)23-15-7-5-6-14(22)11-15/h5-7,9-12H,4,8H2,1-3H3,(H,23,24)/t12-/m0/s1. The molecule has 2 aromatic carbocycles. The van der Waals surface area contributed by atoms with Crippen LogP contribution in [0.15, 0.2) is 36.4 Å². The predicted octanol–water partition coefficient (Wildman–Crippen LogP) is 4.46. The van der Waals surface area contributed by atoms with Gasteiger partial charge in [-0.2, -0.15) is 0 Å². The average molecular weight is 410 g/mol. The first-order valence-corrected chi connectivity index (χ1v) is 9.01. The number of esters is 1. The third-order valence-corrected chi connectivity index (χ3v) is 3.94. The summed E-state index contributed by atoms with van der Waals surface area (Å²) in [5, 5.41) is 2.67. The molecule has 2 rings (SSSR count). The second kappa shape index (κ2) is 9.94. The second-order valence-corrected chi connectivity index (χ2v) is 6.29. The molecular weight excluding hydrogens is 389 g/mol. The maximum Gasteiger partial charge on any atom is 0.339 e. The normalized spacial score (nSPS) is 11.5. The molecule has 0 aromatic heterocycles. The lowest BCUT2D eigenvalue weighted by molar-refractivity contribution is -0.123. The molecule has 0 aliphatic carbocycles. The van der Waals surface area contributed by atoms with Gasteiger partial charge in [-0.25, -0.2) is 9.18 Å². The van der Waals surface area contributed by atoms with Crippen LogP contribution in [0.4, 0.5) is 10.1 Å². The van der Waals surface area contributed by atoms with Gasteiger partial charge in [0.15, 0.2) is 17.6 Å². The second-order valence-electron chi connectivity index (χ2n) is 5.89. The van der Waals surface area contributed by atoms with Crippen LogP contribution in [0, 0.1) is 5.82 Å². The Hall–Kier alpha value is -2.80. The lowest BCUT2D eigenvalue weighted by atomic mass is 10.2. The van der Waals surface area contributed by atoms with Crippen LogP contribution in [-0.2, 0) is 9.53 Å². The summed E-state index contributed by atoms with van der Waals surface area (Å²) in [6.45, 7) is 3.80. The monoisotopic (exact) mass is 409 g/mol. The van der Waals surface area contributed by atoms with Crippen molar-refractivity contribution >= 4 is 29.2 Å². The Bertz CT molecular complexity index is 858. The van der Waals surface area contributed by atoms with Gasteiger partial charge >= 0.3 is 5.97 Å². The van der Waals surface area contributed by atoms with Crippen LogP contribution in [0.25, 0.3) is 0 Å². The molecule has 0 heterocycles. The highest BCUT2D eigenvalue weighted by molar-refractivity contribution is 6.32. The van der Waals surface area contributed by atoms with Crippen LogP contribution in [-0.4, -0.2) is 31.7 Å². The van der Waals surface area contributed by atoms with Crippen molar-refractivity contribution in [3.05, 3.63) is 52.8 Å². The highest BCUT2D eigenvalue weighted by atomic mass is 35.5. The number of halogens is 2. The fourth-order valence-electron chi connectivity index (χ4n) is 2.27. The summed E-state index contributed by atoms with van der Waals surface area (Å²) in [6.07, 6.45) is -0.335. The largest absolute Gasteiger partial charge is 0.493 e. The van der Waals surface area contributed by atoms with E-state index in [0.29, 0.717) is 12.4 Å². The van der Waals surface area contributed by atoms with E-state index >= 15 is 0 Å². The number of hydrogen-bond acceptors (Lipinski definition) is 5. The van der Waals surface area contributed by atoms with Gasteiger partial charge in [-0.05, 0) is 43.7 Å². The molecule has 150 valence electrons. The Morgan fingerprint density at radius 1 is 1.25 bits per heavy atom. The van der Waals surface area contributed by atoms with Crippen molar-refractivity contribution in [2.75, 3.05) is 19.0 Å². The molecule has 8 heteroatoms. The fraction of sp³-hybridized carbons (Fsp3) is 0.300. The van der Waals surface area contributed by atoms with Crippen LogP contribution in [0.2, 0.25) is 5.02 Å². The van der Waals surface area contributed by atoms with Crippen LogP contribution >= 0.6 is 11.6 Å². The minimum Gasteiger partial charge on any atom is -0.493 e. The third-order valence-electron chi connectivity index (χ3n) is 3.66. The zero-order valence-corrected chi connectivity index (χ0v) is 16.5. The number of amides is 1. The minimum atomic E-state index is -1.11. The number of hydrogen-bond donors (Lipinski definition) is 1. The molecule has 0 aliphatic heterocycles. The van der Waals surface area contributed by atoms with Crippen molar-refractivity contribution in [3.63, 3.8) is 0 Å². The molecule has 0 aliphatic rings. The molecule has 2 aromatic rings. The average Bonchev–Trinajstić information content (AvgIpc) is 2.66. The number of methoxy groups -OCH3 is 1. The molecule has 0 unspecified atom stereocenters. The van der Waals surface area contributed by atoms with Gasteiger partial charge in [0.1, 0.15) is 5.82 Å². The molecular formula is C20H21ClFNO5. The van der Waals surface area contributed by atoms with Crippen molar-refractivity contribution in [1.82, 2.24) is 0 Å². The quantitative estimate of drug-likeness (QED) is 0.651. The van der Waals surface area contributed by atoms with Gasteiger partial charge in [0, 0.05) is 5.69 Å². The highest BCUT2D eigenvalue weighted by Gasteiger charge is 2.22. The van der Waals surface area contributed by atoms with Crippen LogP contribution in [0.1, 0.15) is 30.6 Å². The van der Waals surface area contributed by atoms with Gasteiger partial charge in [0.05, 0.1) is 24.3 Å². The van der Waals surface area contributed by atoms with E-state index in [-0.39, 0.29) is 22.0 Å². The summed E-state index contributed by atoms with van der Waals surface area (Å²) in [7, 11) is 1.43. The van der Waals surface area contributed by atoms with Crippen LogP contribution in [0.5, 0.6) is 11.5 Å². The van der Waals surface area contributed by atoms with E-state index in [0.717, 1.165) is 12.5 Å². The third kappa shape index (κ3) is 5.60. The number of carbonyl (C=O) groups is 2. The molecule has 28 heavy (non-hydrogen) atoms. The lowest BCUT2D eigenvalue weighted by Gasteiger charge is -2.16. The number of anilines is 1. The Balaban J connectivity index is 2.08. The van der Waals surface area contributed by atoms with Crippen molar-refractivity contribution in [3.8, 4) is 11.5 Å². The van der Waals surface area contributed by atoms with Gasteiger partial charge in [-0.3, -0.25) is 4.79 Å². The summed E-state index contributed by atoms with van der Waals surface area (Å²) < 4.78 is 29.1. The zero-order valence-electron chi connectivity index (χ0n) is 15.8. The molecule has 0 saturated heterocycles. The predicted molar refractivity (Wildman–Crippen MR) is 104 cm³/mol. The topological polar surface area (TPSA) is 73.9 Å². The molecule has 6 nitrogen and oxygen atoms in total.